The zero-order chi connectivity index (χ0) is 14.1. The second-order valence-corrected chi connectivity index (χ2v) is 5.62. The van der Waals surface area contributed by atoms with Crippen LogP contribution in [0, 0.1) is 6.92 Å². The third-order valence-corrected chi connectivity index (χ3v) is 3.79. The maximum Gasteiger partial charge on any atom is 0.169 e. The summed E-state index contributed by atoms with van der Waals surface area (Å²) in [6, 6.07) is 12.2. The highest BCUT2D eigenvalue weighted by Gasteiger charge is 2.12. The topological polar surface area (TPSA) is 38.1 Å². The van der Waals surface area contributed by atoms with Gasteiger partial charge in [0, 0.05) is 17.3 Å². The number of aryl methyl sites for hydroxylation is 1. The minimum atomic E-state index is 0.0902. The van der Waals surface area contributed by atoms with Crippen molar-refractivity contribution in [3.05, 3.63) is 58.6 Å². The van der Waals surface area contributed by atoms with Crippen LogP contribution in [0.1, 0.15) is 24.3 Å². The number of pyridine rings is 1. The maximum absolute atomic E-state index is 5.59. The van der Waals surface area contributed by atoms with Crippen LogP contribution in [0.4, 0.5) is 5.69 Å². The van der Waals surface area contributed by atoms with Crippen LogP contribution in [0.3, 0.4) is 0 Å². The van der Waals surface area contributed by atoms with E-state index in [1.54, 1.807) is 0 Å². The Bertz CT molecular complexity index is 751. The summed E-state index contributed by atoms with van der Waals surface area (Å²) in [5.74, 6) is 0.898. The first-order chi connectivity index (χ1) is 9.65. The fourth-order valence-electron chi connectivity index (χ4n) is 2.31. The highest BCUT2D eigenvalue weighted by atomic mass is 79.9. The molecular formula is C16H15BrN2O. The molecule has 3 nitrogen and oxygen atoms in total. The van der Waals surface area contributed by atoms with Gasteiger partial charge in [0.2, 0.25) is 0 Å². The van der Waals surface area contributed by atoms with E-state index in [1.807, 2.05) is 24.4 Å². The second-order valence-electron chi connectivity index (χ2n) is 4.84. The summed E-state index contributed by atoms with van der Waals surface area (Å²) in [7, 11) is 0. The molecule has 4 heteroatoms. The van der Waals surface area contributed by atoms with Crippen LogP contribution < -0.4 is 5.32 Å². The van der Waals surface area contributed by atoms with Gasteiger partial charge < -0.3 is 9.73 Å². The van der Waals surface area contributed by atoms with E-state index in [0.717, 1.165) is 27.0 Å². The first-order valence-corrected chi connectivity index (χ1v) is 7.30. The van der Waals surface area contributed by atoms with E-state index >= 15 is 0 Å². The van der Waals surface area contributed by atoms with Gasteiger partial charge in [-0.1, -0.05) is 6.07 Å². The Morgan fingerprint density at radius 1 is 1.20 bits per heavy atom. The lowest BCUT2D eigenvalue weighted by Crippen LogP contribution is -2.06. The van der Waals surface area contributed by atoms with Crippen molar-refractivity contribution in [2.45, 2.75) is 19.9 Å². The van der Waals surface area contributed by atoms with Crippen molar-refractivity contribution in [1.29, 1.82) is 0 Å². The van der Waals surface area contributed by atoms with Crippen molar-refractivity contribution in [3.63, 3.8) is 0 Å². The molecule has 0 amide bonds. The number of furan rings is 1. The van der Waals surface area contributed by atoms with Crippen molar-refractivity contribution < 1.29 is 4.42 Å². The summed E-state index contributed by atoms with van der Waals surface area (Å²) < 4.78 is 6.34. The van der Waals surface area contributed by atoms with E-state index in [2.05, 4.69) is 58.3 Å². The Morgan fingerprint density at radius 3 is 2.80 bits per heavy atom. The van der Waals surface area contributed by atoms with E-state index < -0.39 is 0 Å². The normalized spacial score (nSPS) is 12.6. The second kappa shape index (κ2) is 5.29. The molecule has 1 aromatic carbocycles. The number of aromatic nitrogens is 1. The van der Waals surface area contributed by atoms with Crippen molar-refractivity contribution in [1.82, 2.24) is 4.98 Å². The largest absolute Gasteiger partial charge is 0.452 e. The fraction of sp³-hybridized carbons (Fsp3) is 0.188. The van der Waals surface area contributed by atoms with Crippen molar-refractivity contribution >= 4 is 32.5 Å². The molecule has 2 heterocycles. The molecule has 0 saturated carbocycles. The lowest BCUT2D eigenvalue weighted by molar-refractivity contribution is 0.471. The molecule has 0 aliphatic rings. The number of hydrogen-bond donors (Lipinski definition) is 1. The zero-order valence-corrected chi connectivity index (χ0v) is 12.9. The van der Waals surface area contributed by atoms with Crippen molar-refractivity contribution in [2.24, 2.45) is 0 Å². The van der Waals surface area contributed by atoms with Gasteiger partial charge in [-0.3, -0.25) is 4.98 Å². The molecule has 0 spiro atoms. The Morgan fingerprint density at radius 2 is 2.05 bits per heavy atom. The smallest absolute Gasteiger partial charge is 0.169 e. The van der Waals surface area contributed by atoms with Crippen LogP contribution >= 0.6 is 15.9 Å². The summed E-state index contributed by atoms with van der Waals surface area (Å²) >= 11 is 3.33. The number of benzene rings is 1. The molecule has 0 radical (unpaired) electrons. The molecule has 102 valence electrons. The minimum Gasteiger partial charge on any atom is -0.452 e. The quantitative estimate of drug-likeness (QED) is 0.728. The molecular weight excluding hydrogens is 316 g/mol. The Hall–Kier alpha value is -1.81. The van der Waals surface area contributed by atoms with Gasteiger partial charge in [-0.05, 0) is 65.7 Å². The molecule has 2 aromatic heterocycles. The summed E-state index contributed by atoms with van der Waals surface area (Å²) in [6.07, 6.45) is 1.83. The number of fused-ring (bicyclic) bond motifs is 1. The van der Waals surface area contributed by atoms with Crippen LogP contribution in [-0.4, -0.2) is 4.98 Å². The van der Waals surface area contributed by atoms with Crippen LogP contribution in [-0.2, 0) is 0 Å². The molecule has 0 bridgehead atoms. The molecule has 0 fully saturated rings. The molecule has 1 atom stereocenters. The van der Waals surface area contributed by atoms with Crippen LogP contribution in [0.5, 0.6) is 0 Å². The summed E-state index contributed by atoms with van der Waals surface area (Å²) in [4.78, 5) is 4.45. The average molecular weight is 331 g/mol. The Kier molecular flexibility index (Phi) is 3.49. The lowest BCUT2D eigenvalue weighted by atomic mass is 10.1. The maximum atomic E-state index is 5.59. The van der Waals surface area contributed by atoms with Crippen LogP contribution in [0.25, 0.3) is 10.9 Å². The monoisotopic (exact) mass is 330 g/mol. The summed E-state index contributed by atoms with van der Waals surface area (Å²) in [5, 5.41) is 4.62. The van der Waals surface area contributed by atoms with Crippen LogP contribution in [0.2, 0.25) is 0 Å². The first kappa shape index (κ1) is 13.2. The van der Waals surface area contributed by atoms with Gasteiger partial charge in [0.05, 0.1) is 11.6 Å². The summed E-state index contributed by atoms with van der Waals surface area (Å²) in [6.45, 7) is 4.15. The van der Waals surface area contributed by atoms with Crippen molar-refractivity contribution in [2.75, 3.05) is 5.32 Å². The van der Waals surface area contributed by atoms with E-state index in [0.29, 0.717) is 0 Å². The number of nitrogens with zero attached hydrogens (tertiary/aromatic N) is 1. The molecule has 0 aliphatic heterocycles. The number of hydrogen-bond acceptors (Lipinski definition) is 3. The van der Waals surface area contributed by atoms with Gasteiger partial charge in [0.1, 0.15) is 5.76 Å². The molecule has 1 unspecified atom stereocenters. The van der Waals surface area contributed by atoms with Gasteiger partial charge in [-0.2, -0.15) is 0 Å². The SMILES string of the molecule is Cc1ccc(NC(C)c2ccc(Br)o2)c2cccnc12. The molecule has 3 aromatic rings. The predicted molar refractivity (Wildman–Crippen MR) is 84.9 cm³/mol. The highest BCUT2D eigenvalue weighted by Crippen LogP contribution is 2.29. The Balaban J connectivity index is 1.97. The predicted octanol–water partition coefficient (Wildman–Crippen LogP) is 5.07. The van der Waals surface area contributed by atoms with E-state index in [4.69, 9.17) is 4.42 Å². The average Bonchev–Trinajstić information content (AvgIpc) is 2.89. The van der Waals surface area contributed by atoms with E-state index in [9.17, 15) is 0 Å². The molecule has 20 heavy (non-hydrogen) atoms. The number of nitrogens with one attached hydrogen (secondary N) is 1. The third-order valence-electron chi connectivity index (χ3n) is 3.36. The van der Waals surface area contributed by atoms with E-state index in [-0.39, 0.29) is 6.04 Å². The van der Waals surface area contributed by atoms with Crippen LogP contribution in [0.15, 0.2) is 51.7 Å². The third kappa shape index (κ3) is 2.43. The molecule has 0 saturated heterocycles. The van der Waals surface area contributed by atoms with Gasteiger partial charge in [-0.15, -0.1) is 0 Å². The summed E-state index contributed by atoms with van der Waals surface area (Å²) in [5.41, 5.74) is 3.28. The molecule has 0 aliphatic carbocycles. The van der Waals surface area contributed by atoms with Gasteiger partial charge in [-0.25, -0.2) is 0 Å². The van der Waals surface area contributed by atoms with Crippen molar-refractivity contribution in [3.8, 4) is 0 Å². The van der Waals surface area contributed by atoms with Gasteiger partial charge in [0.15, 0.2) is 4.67 Å². The Labute approximate surface area is 126 Å². The zero-order valence-electron chi connectivity index (χ0n) is 11.4. The standard InChI is InChI=1S/C16H15BrN2O/c1-10-5-6-13(12-4-3-9-18-16(10)12)19-11(2)14-7-8-15(17)20-14/h3-9,11,19H,1-2H3. The lowest BCUT2D eigenvalue weighted by Gasteiger charge is -2.15. The molecule has 1 N–H and O–H groups in total. The molecule has 3 rings (SSSR count). The number of rotatable bonds is 3. The fourth-order valence-corrected chi connectivity index (χ4v) is 2.62. The van der Waals surface area contributed by atoms with Gasteiger partial charge >= 0.3 is 0 Å². The highest BCUT2D eigenvalue weighted by molar-refractivity contribution is 9.10. The van der Waals surface area contributed by atoms with Gasteiger partial charge in [0.25, 0.3) is 0 Å². The first-order valence-electron chi connectivity index (χ1n) is 6.51. The number of halogens is 1. The van der Waals surface area contributed by atoms with E-state index in [1.165, 1.54) is 5.56 Å². The number of anilines is 1. The minimum absolute atomic E-state index is 0.0902.